The van der Waals surface area contributed by atoms with Crippen molar-refractivity contribution < 1.29 is 4.39 Å². The quantitative estimate of drug-likeness (QED) is 0.396. The normalized spacial score (nSPS) is 11.9. The van der Waals surface area contributed by atoms with E-state index in [9.17, 15) is 14.4 Å². The lowest BCUT2D eigenvalue weighted by Gasteiger charge is -2.23. The first kappa shape index (κ1) is 21.3. The molecule has 7 heteroatoms. The van der Waals surface area contributed by atoms with Gasteiger partial charge in [-0.2, -0.15) is 5.26 Å². The third kappa shape index (κ3) is 3.55. The Morgan fingerprint density at radius 3 is 2.71 bits per heavy atom. The molecule has 0 saturated heterocycles. The smallest absolute Gasteiger partial charge is 0.263 e. The molecule has 166 valence electrons. The number of benzene rings is 2. The predicted molar refractivity (Wildman–Crippen MR) is 131 cm³/mol. The highest BCUT2D eigenvalue weighted by Crippen LogP contribution is 2.30. The van der Waals surface area contributed by atoms with Crippen LogP contribution in [0.2, 0.25) is 0 Å². The van der Waals surface area contributed by atoms with Gasteiger partial charge in [-0.05, 0) is 61.2 Å². The molecular weight excluding hydrogens is 429 g/mol. The number of nitrogens with zero attached hydrogens (tertiary/aromatic N) is 4. The molecule has 0 unspecified atom stereocenters. The second-order valence-corrected chi connectivity index (χ2v) is 8.12. The van der Waals surface area contributed by atoms with Crippen molar-refractivity contribution in [3.63, 3.8) is 0 Å². The number of rotatable bonds is 4. The van der Waals surface area contributed by atoms with Crippen molar-refractivity contribution in [1.29, 1.82) is 5.26 Å². The molecule has 0 saturated carbocycles. The summed E-state index contributed by atoms with van der Waals surface area (Å²) in [6.07, 6.45) is 3.14. The lowest BCUT2D eigenvalue weighted by molar-refractivity contribution is 0.625. The van der Waals surface area contributed by atoms with E-state index in [0.717, 1.165) is 10.9 Å². The van der Waals surface area contributed by atoms with Crippen molar-refractivity contribution in [2.45, 2.75) is 19.9 Å². The number of hydrogen-bond acceptors (Lipinski definition) is 5. The minimum atomic E-state index is -0.433. The molecule has 1 atom stereocenters. The fourth-order valence-electron chi connectivity index (χ4n) is 4.30. The number of aromatic nitrogens is 3. The molecule has 5 aromatic rings. The van der Waals surface area contributed by atoms with Crippen LogP contribution in [0.1, 0.15) is 29.8 Å². The van der Waals surface area contributed by atoms with Crippen LogP contribution < -0.4 is 10.9 Å². The van der Waals surface area contributed by atoms with E-state index < -0.39 is 11.9 Å². The Hall–Kier alpha value is -4.57. The Morgan fingerprint density at radius 2 is 1.91 bits per heavy atom. The van der Waals surface area contributed by atoms with Crippen LogP contribution in [-0.4, -0.2) is 14.5 Å². The number of hydrogen-bond donors (Lipinski definition) is 1. The first-order chi connectivity index (χ1) is 16.5. The van der Waals surface area contributed by atoms with Crippen LogP contribution in [0.3, 0.4) is 0 Å². The minimum Gasteiger partial charge on any atom is -0.374 e. The SMILES string of the molecule is Cc1cccc2cc([C@H](C)Nc3c(C#N)cnc4cccnc34)n(-c3cccc(F)c3)c(=O)c12. The number of halogens is 1. The standard InChI is InChI=1S/C27H20FN5O/c1-16-6-3-7-18-12-23(33(27(34)24(16)18)21-9-4-8-20(28)13-21)17(2)32-25-19(14-29)15-31-22-10-5-11-30-26(22)25/h3-13,15,17H,1-2H3,(H,31,32)/t17-/m0/s1. The molecule has 2 aromatic carbocycles. The minimum absolute atomic E-state index is 0.233. The molecule has 0 aliphatic rings. The summed E-state index contributed by atoms with van der Waals surface area (Å²) in [6.45, 7) is 3.78. The van der Waals surface area contributed by atoms with Crippen LogP contribution in [0.5, 0.6) is 0 Å². The lowest BCUT2D eigenvalue weighted by atomic mass is 10.0. The Kier molecular flexibility index (Phi) is 5.27. The van der Waals surface area contributed by atoms with Gasteiger partial charge in [0.25, 0.3) is 5.56 Å². The van der Waals surface area contributed by atoms with Gasteiger partial charge in [0.15, 0.2) is 0 Å². The number of aryl methyl sites for hydroxylation is 1. The fraction of sp³-hybridized carbons (Fsp3) is 0.111. The van der Waals surface area contributed by atoms with E-state index in [1.807, 2.05) is 44.2 Å². The number of pyridine rings is 3. The Morgan fingerprint density at radius 1 is 1.09 bits per heavy atom. The molecule has 34 heavy (non-hydrogen) atoms. The molecule has 0 fully saturated rings. The maximum absolute atomic E-state index is 14.1. The summed E-state index contributed by atoms with van der Waals surface area (Å²) in [4.78, 5) is 22.4. The Balaban J connectivity index is 1.75. The predicted octanol–water partition coefficient (Wildman–Crippen LogP) is 5.43. The summed E-state index contributed by atoms with van der Waals surface area (Å²) in [6, 6.07) is 18.9. The molecule has 0 radical (unpaired) electrons. The molecule has 3 aromatic heterocycles. The van der Waals surface area contributed by atoms with Crippen molar-refractivity contribution in [3.05, 3.63) is 106 Å². The average Bonchev–Trinajstić information content (AvgIpc) is 2.84. The summed E-state index contributed by atoms with van der Waals surface area (Å²) in [7, 11) is 0. The van der Waals surface area contributed by atoms with Crippen LogP contribution in [0, 0.1) is 24.1 Å². The van der Waals surface area contributed by atoms with Gasteiger partial charge in [0, 0.05) is 18.1 Å². The molecule has 1 N–H and O–H groups in total. The maximum atomic E-state index is 14.1. The topological polar surface area (TPSA) is 83.6 Å². The number of nitriles is 1. The van der Waals surface area contributed by atoms with Crippen LogP contribution in [0.4, 0.5) is 10.1 Å². The first-order valence-electron chi connectivity index (χ1n) is 10.8. The zero-order valence-corrected chi connectivity index (χ0v) is 18.6. The average molecular weight is 449 g/mol. The van der Waals surface area contributed by atoms with Crippen molar-refractivity contribution >= 4 is 27.5 Å². The zero-order chi connectivity index (χ0) is 23.8. The van der Waals surface area contributed by atoms with Gasteiger partial charge in [0.05, 0.1) is 33.9 Å². The number of fused-ring (bicyclic) bond motifs is 2. The van der Waals surface area contributed by atoms with E-state index in [4.69, 9.17) is 0 Å². The van der Waals surface area contributed by atoms with Crippen LogP contribution in [-0.2, 0) is 0 Å². The highest BCUT2D eigenvalue weighted by Gasteiger charge is 2.20. The van der Waals surface area contributed by atoms with Crippen molar-refractivity contribution in [3.8, 4) is 11.8 Å². The summed E-state index contributed by atoms with van der Waals surface area (Å²) in [5.74, 6) is -0.433. The molecule has 3 heterocycles. The van der Waals surface area contributed by atoms with Gasteiger partial charge in [0.1, 0.15) is 17.4 Å². The largest absolute Gasteiger partial charge is 0.374 e. The van der Waals surface area contributed by atoms with Crippen LogP contribution in [0.15, 0.2) is 77.9 Å². The fourth-order valence-corrected chi connectivity index (χ4v) is 4.30. The molecule has 5 rings (SSSR count). The molecule has 6 nitrogen and oxygen atoms in total. The Labute approximate surface area is 195 Å². The third-order valence-electron chi connectivity index (χ3n) is 5.90. The van der Waals surface area contributed by atoms with Gasteiger partial charge >= 0.3 is 0 Å². The van der Waals surface area contributed by atoms with Crippen molar-refractivity contribution in [2.24, 2.45) is 0 Å². The highest BCUT2D eigenvalue weighted by molar-refractivity contribution is 5.91. The van der Waals surface area contributed by atoms with Gasteiger partial charge in [0.2, 0.25) is 0 Å². The first-order valence-corrected chi connectivity index (χ1v) is 10.8. The molecule has 0 spiro atoms. The molecule has 0 bridgehead atoms. The monoisotopic (exact) mass is 449 g/mol. The number of anilines is 1. The molecular formula is C27H20FN5O. The van der Waals surface area contributed by atoms with E-state index in [1.165, 1.54) is 22.9 Å². The second kappa shape index (κ2) is 8.41. The van der Waals surface area contributed by atoms with Crippen LogP contribution >= 0.6 is 0 Å². The van der Waals surface area contributed by atoms with Gasteiger partial charge in [-0.15, -0.1) is 0 Å². The van der Waals surface area contributed by atoms with Gasteiger partial charge < -0.3 is 5.32 Å². The van der Waals surface area contributed by atoms with E-state index in [-0.39, 0.29) is 5.56 Å². The third-order valence-corrected chi connectivity index (χ3v) is 5.90. The maximum Gasteiger partial charge on any atom is 0.263 e. The van der Waals surface area contributed by atoms with E-state index in [2.05, 4.69) is 21.4 Å². The number of nitrogens with one attached hydrogen (secondary N) is 1. The Bertz CT molecular complexity index is 1670. The van der Waals surface area contributed by atoms with E-state index in [1.54, 1.807) is 24.4 Å². The van der Waals surface area contributed by atoms with E-state index in [0.29, 0.717) is 39.1 Å². The van der Waals surface area contributed by atoms with Gasteiger partial charge in [-0.3, -0.25) is 19.3 Å². The lowest BCUT2D eigenvalue weighted by Crippen LogP contribution is -2.26. The summed E-state index contributed by atoms with van der Waals surface area (Å²) >= 11 is 0. The second-order valence-electron chi connectivity index (χ2n) is 8.12. The highest BCUT2D eigenvalue weighted by atomic mass is 19.1. The summed E-state index contributed by atoms with van der Waals surface area (Å²) in [5.41, 5.74) is 3.74. The van der Waals surface area contributed by atoms with Gasteiger partial charge in [-0.1, -0.05) is 24.3 Å². The summed E-state index contributed by atoms with van der Waals surface area (Å²) in [5, 5.41) is 14.4. The van der Waals surface area contributed by atoms with Gasteiger partial charge in [-0.25, -0.2) is 4.39 Å². The van der Waals surface area contributed by atoms with Crippen LogP contribution in [0.25, 0.3) is 27.5 Å². The molecule has 0 aliphatic carbocycles. The summed E-state index contributed by atoms with van der Waals surface area (Å²) < 4.78 is 15.7. The zero-order valence-electron chi connectivity index (χ0n) is 18.6. The molecule has 0 aliphatic heterocycles. The van der Waals surface area contributed by atoms with E-state index >= 15 is 0 Å². The molecule has 0 amide bonds. The van der Waals surface area contributed by atoms with Crippen molar-refractivity contribution in [1.82, 2.24) is 14.5 Å². The van der Waals surface area contributed by atoms with Crippen molar-refractivity contribution in [2.75, 3.05) is 5.32 Å².